The molecular formula is C28H37BrN4O3. The van der Waals surface area contributed by atoms with Gasteiger partial charge in [-0.05, 0) is 37.5 Å². The van der Waals surface area contributed by atoms with Crippen molar-refractivity contribution in [2.75, 3.05) is 31.5 Å². The van der Waals surface area contributed by atoms with Crippen molar-refractivity contribution in [1.82, 2.24) is 10.2 Å². The third kappa shape index (κ3) is 5.65. The third-order valence-electron chi connectivity index (χ3n) is 8.52. The van der Waals surface area contributed by atoms with Crippen molar-refractivity contribution in [3.05, 3.63) is 53.7 Å². The van der Waals surface area contributed by atoms with Gasteiger partial charge in [0.25, 0.3) is 5.91 Å². The summed E-state index contributed by atoms with van der Waals surface area (Å²) < 4.78 is 7.09. The lowest BCUT2D eigenvalue weighted by Crippen LogP contribution is -3.00. The molecule has 36 heavy (non-hydrogen) atoms. The number of esters is 1. The van der Waals surface area contributed by atoms with E-state index in [2.05, 4.69) is 27.6 Å². The molecule has 7 nitrogen and oxygen atoms in total. The molecule has 2 aromatic rings. The number of anilines is 1. The Balaban J connectivity index is 0.00000304. The molecule has 1 aromatic carbocycles. The minimum Gasteiger partial charge on any atom is -1.00 e. The zero-order valence-corrected chi connectivity index (χ0v) is 22.7. The van der Waals surface area contributed by atoms with Gasteiger partial charge in [-0.2, -0.15) is 5.10 Å². The smallest absolute Gasteiger partial charge is 0.317 e. The minimum absolute atomic E-state index is 0. The van der Waals surface area contributed by atoms with E-state index in [4.69, 9.17) is 4.74 Å². The average molecular weight is 558 g/mol. The van der Waals surface area contributed by atoms with Crippen molar-refractivity contribution in [3.63, 3.8) is 0 Å². The maximum atomic E-state index is 13.9. The van der Waals surface area contributed by atoms with Gasteiger partial charge in [0, 0.05) is 18.8 Å². The van der Waals surface area contributed by atoms with E-state index < -0.39 is 5.41 Å². The fourth-order valence-corrected chi connectivity index (χ4v) is 6.48. The lowest BCUT2D eigenvalue weighted by atomic mass is 9.74. The number of amides is 1. The monoisotopic (exact) mass is 556 g/mol. The van der Waals surface area contributed by atoms with Crippen LogP contribution in [0.15, 0.2) is 42.5 Å². The fourth-order valence-electron chi connectivity index (χ4n) is 6.48. The predicted molar refractivity (Wildman–Crippen MR) is 134 cm³/mol. The molecule has 4 aliphatic rings. The van der Waals surface area contributed by atoms with Crippen LogP contribution in [0.4, 0.5) is 5.82 Å². The summed E-state index contributed by atoms with van der Waals surface area (Å²) >= 11 is 0. The molecule has 1 amide bonds. The summed E-state index contributed by atoms with van der Waals surface area (Å²) in [4.78, 5) is 26.8. The van der Waals surface area contributed by atoms with Crippen LogP contribution in [-0.4, -0.2) is 58.8 Å². The van der Waals surface area contributed by atoms with E-state index in [-0.39, 0.29) is 35.0 Å². The number of nitrogens with zero attached hydrogens (tertiary/aromatic N) is 3. The van der Waals surface area contributed by atoms with Gasteiger partial charge < -0.3 is 31.5 Å². The minimum atomic E-state index is -0.546. The summed E-state index contributed by atoms with van der Waals surface area (Å²) in [5, 5.41) is 11.0. The number of ether oxygens (including phenoxy) is 1. The molecule has 6 rings (SSSR count). The second-order valence-electron chi connectivity index (χ2n) is 10.9. The van der Waals surface area contributed by atoms with E-state index >= 15 is 0 Å². The number of quaternary nitrogens is 1. The van der Waals surface area contributed by atoms with Crippen LogP contribution in [0, 0.1) is 12.8 Å². The quantitative estimate of drug-likeness (QED) is 0.328. The normalized spacial score (nSPS) is 26.8. The number of nitrogens with one attached hydrogen (secondary N) is 1. The number of fused-ring (bicyclic) bond motifs is 3. The van der Waals surface area contributed by atoms with Crippen LogP contribution in [0.25, 0.3) is 0 Å². The number of carbonyl (C=O) groups excluding carboxylic acids is 2. The van der Waals surface area contributed by atoms with Crippen LogP contribution in [0.1, 0.15) is 62.6 Å². The Kier molecular flexibility index (Phi) is 8.45. The van der Waals surface area contributed by atoms with Gasteiger partial charge in [0.2, 0.25) is 0 Å². The second-order valence-corrected chi connectivity index (χ2v) is 10.9. The highest BCUT2D eigenvalue weighted by Crippen LogP contribution is 2.42. The first kappa shape index (κ1) is 26.7. The highest BCUT2D eigenvalue weighted by atomic mass is 79.9. The molecule has 1 atom stereocenters. The topological polar surface area (TPSA) is 81.2 Å². The molecule has 4 heterocycles. The van der Waals surface area contributed by atoms with Crippen LogP contribution in [0.2, 0.25) is 0 Å². The summed E-state index contributed by atoms with van der Waals surface area (Å²) in [6, 6.07) is 13.9. The Bertz CT molecular complexity index is 1030. The number of aryl methyl sites for hydroxylation is 1. The predicted octanol–water partition coefficient (Wildman–Crippen LogP) is 1.17. The van der Waals surface area contributed by atoms with Crippen molar-refractivity contribution in [3.8, 4) is 0 Å². The van der Waals surface area contributed by atoms with Crippen LogP contribution in [-0.2, 0) is 19.7 Å². The van der Waals surface area contributed by atoms with E-state index in [1.165, 1.54) is 12.8 Å². The Hall–Kier alpha value is -2.32. The number of aromatic nitrogens is 2. The summed E-state index contributed by atoms with van der Waals surface area (Å²) in [6.45, 7) is 4.87. The first-order valence-corrected chi connectivity index (χ1v) is 13.2. The van der Waals surface area contributed by atoms with Crippen molar-refractivity contribution < 1.29 is 35.8 Å². The fraction of sp³-hybridized carbons (Fsp3) is 0.571. The summed E-state index contributed by atoms with van der Waals surface area (Å²) in [6.07, 6.45) is 8.03. The molecule has 1 aliphatic carbocycles. The molecule has 4 fully saturated rings. The van der Waals surface area contributed by atoms with Gasteiger partial charge in [-0.25, -0.2) is 0 Å². The summed E-state index contributed by atoms with van der Waals surface area (Å²) in [7, 11) is 0. The zero-order chi connectivity index (χ0) is 24.3. The Morgan fingerprint density at radius 2 is 1.69 bits per heavy atom. The third-order valence-corrected chi connectivity index (χ3v) is 8.52. The molecule has 0 spiro atoms. The van der Waals surface area contributed by atoms with Crippen LogP contribution >= 0.6 is 0 Å². The van der Waals surface area contributed by atoms with Gasteiger partial charge in [0.15, 0.2) is 18.5 Å². The van der Waals surface area contributed by atoms with Crippen molar-refractivity contribution in [2.24, 2.45) is 5.92 Å². The number of rotatable bonds is 6. The van der Waals surface area contributed by atoms with E-state index in [1.54, 1.807) is 6.07 Å². The Morgan fingerprint density at radius 3 is 2.33 bits per heavy atom. The van der Waals surface area contributed by atoms with Crippen LogP contribution in [0.3, 0.4) is 0 Å². The van der Waals surface area contributed by atoms with E-state index in [0.717, 1.165) is 62.9 Å². The molecule has 1 saturated carbocycles. The second kappa shape index (κ2) is 11.4. The van der Waals surface area contributed by atoms with Crippen LogP contribution < -0.4 is 22.3 Å². The molecule has 3 saturated heterocycles. The van der Waals surface area contributed by atoms with Gasteiger partial charge in [0.1, 0.15) is 6.54 Å². The van der Waals surface area contributed by atoms with E-state index in [9.17, 15) is 9.59 Å². The number of carbonyl (C=O) groups is 2. The molecule has 0 radical (unpaired) electrons. The molecule has 1 aromatic heterocycles. The first-order chi connectivity index (χ1) is 17.0. The van der Waals surface area contributed by atoms with Crippen molar-refractivity contribution in [2.45, 2.75) is 69.8 Å². The lowest BCUT2D eigenvalue weighted by molar-refractivity contribution is -0.939. The SMILES string of the molecule is Cc1ccc(NC(=O)C[N+]23CCC(CC2)C(OC(=O)C2(c4ccccc4)CCCCCC2)C3)nn1.[Br-]. The summed E-state index contributed by atoms with van der Waals surface area (Å²) in [5.74, 6) is 0.760. The first-order valence-electron chi connectivity index (χ1n) is 13.2. The van der Waals surface area contributed by atoms with E-state index in [0.29, 0.717) is 29.3 Å². The summed E-state index contributed by atoms with van der Waals surface area (Å²) in [5.41, 5.74) is 1.36. The van der Waals surface area contributed by atoms with E-state index in [1.807, 2.05) is 31.2 Å². The number of halogens is 1. The van der Waals surface area contributed by atoms with Crippen LogP contribution in [0.5, 0.6) is 0 Å². The highest BCUT2D eigenvalue weighted by Gasteiger charge is 2.51. The maximum absolute atomic E-state index is 13.9. The molecule has 1 unspecified atom stereocenters. The van der Waals surface area contributed by atoms with Gasteiger partial charge in [-0.3, -0.25) is 9.59 Å². The number of hydrogen-bond donors (Lipinski definition) is 1. The number of benzene rings is 1. The molecular weight excluding hydrogens is 520 g/mol. The van der Waals surface area contributed by atoms with Gasteiger partial charge >= 0.3 is 5.97 Å². The van der Waals surface area contributed by atoms with Crippen molar-refractivity contribution in [1.29, 1.82) is 0 Å². The standard InChI is InChI=1S/C28H36N4O3.BrH/c1-21-11-12-25(31-30-21)29-26(33)20-32-17-13-22(14-18-32)24(19-32)35-27(34)28(15-7-2-3-8-16-28)23-9-5-4-6-10-23;/h4-6,9-12,22,24H,2-3,7-8,13-20H2,1H3;1H. The number of piperidine rings is 3. The highest BCUT2D eigenvalue weighted by molar-refractivity contribution is 5.90. The molecule has 3 aliphatic heterocycles. The average Bonchev–Trinajstić information content (AvgIpc) is 3.14. The molecule has 8 heteroatoms. The zero-order valence-electron chi connectivity index (χ0n) is 21.1. The Morgan fingerprint density at radius 1 is 1.00 bits per heavy atom. The van der Waals surface area contributed by atoms with Gasteiger partial charge in [-0.15, -0.1) is 5.10 Å². The Labute approximate surface area is 224 Å². The van der Waals surface area contributed by atoms with Crippen molar-refractivity contribution >= 4 is 17.7 Å². The lowest BCUT2D eigenvalue weighted by Gasteiger charge is -2.52. The maximum Gasteiger partial charge on any atom is 0.317 e. The van der Waals surface area contributed by atoms with Gasteiger partial charge in [0.05, 0.1) is 24.2 Å². The number of hydrogen-bond acceptors (Lipinski definition) is 5. The van der Waals surface area contributed by atoms with Gasteiger partial charge in [-0.1, -0.05) is 56.0 Å². The largest absolute Gasteiger partial charge is 1.00 e. The molecule has 194 valence electrons. The molecule has 1 N–H and O–H groups in total. The molecule has 2 bridgehead atoms.